The van der Waals surface area contributed by atoms with Gasteiger partial charge in [-0.3, -0.25) is 0 Å². The van der Waals surface area contributed by atoms with Gasteiger partial charge in [-0.25, -0.2) is 4.39 Å². The van der Waals surface area contributed by atoms with Crippen LogP contribution in [-0.2, 0) is 6.42 Å². The molecule has 0 aliphatic carbocycles. The van der Waals surface area contributed by atoms with Crippen LogP contribution in [0, 0.1) is 0 Å². The van der Waals surface area contributed by atoms with E-state index in [1.54, 1.807) is 11.8 Å². The molecule has 15 heavy (non-hydrogen) atoms. The van der Waals surface area contributed by atoms with Crippen LogP contribution in [0.4, 0.5) is 4.39 Å². The molecule has 0 bridgehead atoms. The highest BCUT2D eigenvalue weighted by Gasteiger charge is 1.94. The van der Waals surface area contributed by atoms with Crippen molar-refractivity contribution in [2.24, 2.45) is 5.73 Å². The number of allylic oxidation sites excluding steroid dienone is 1. The Balaban J connectivity index is 0.00000196. The zero-order valence-corrected chi connectivity index (χ0v) is 10.2. The van der Waals surface area contributed by atoms with Gasteiger partial charge in [-0.1, -0.05) is 12.1 Å². The van der Waals surface area contributed by atoms with Crippen molar-refractivity contribution in [2.45, 2.75) is 11.3 Å². The van der Waals surface area contributed by atoms with Gasteiger partial charge in [-0.05, 0) is 36.4 Å². The third kappa shape index (κ3) is 5.21. The molecule has 84 valence electrons. The SMILES string of the molecule is CSc1cccc(C/C=C(/F)CN)c1.Cl. The molecule has 0 aliphatic heterocycles. The van der Waals surface area contributed by atoms with Crippen molar-refractivity contribution in [1.82, 2.24) is 0 Å². The van der Waals surface area contributed by atoms with E-state index in [-0.39, 0.29) is 24.8 Å². The maximum atomic E-state index is 12.7. The molecule has 0 amide bonds. The van der Waals surface area contributed by atoms with E-state index in [0.29, 0.717) is 6.42 Å². The summed E-state index contributed by atoms with van der Waals surface area (Å²) < 4.78 is 12.7. The molecule has 0 radical (unpaired) electrons. The van der Waals surface area contributed by atoms with E-state index < -0.39 is 0 Å². The zero-order chi connectivity index (χ0) is 10.4. The summed E-state index contributed by atoms with van der Waals surface area (Å²) >= 11 is 1.68. The van der Waals surface area contributed by atoms with Crippen molar-refractivity contribution >= 4 is 24.2 Å². The monoisotopic (exact) mass is 247 g/mol. The van der Waals surface area contributed by atoms with Gasteiger partial charge in [-0.2, -0.15) is 0 Å². The van der Waals surface area contributed by atoms with Crippen LogP contribution in [-0.4, -0.2) is 12.8 Å². The van der Waals surface area contributed by atoms with Gasteiger partial charge in [0, 0.05) is 11.4 Å². The number of benzene rings is 1. The van der Waals surface area contributed by atoms with E-state index in [9.17, 15) is 4.39 Å². The van der Waals surface area contributed by atoms with Gasteiger partial charge in [0.25, 0.3) is 0 Å². The third-order valence-electron chi connectivity index (χ3n) is 1.89. The average Bonchev–Trinajstić information content (AvgIpc) is 2.26. The summed E-state index contributed by atoms with van der Waals surface area (Å²) in [7, 11) is 0. The fourth-order valence-electron chi connectivity index (χ4n) is 1.11. The first-order chi connectivity index (χ1) is 6.76. The molecule has 0 spiro atoms. The van der Waals surface area contributed by atoms with Crippen molar-refractivity contribution in [3.05, 3.63) is 41.7 Å². The first kappa shape index (κ1) is 14.5. The van der Waals surface area contributed by atoms with E-state index in [4.69, 9.17) is 5.73 Å². The van der Waals surface area contributed by atoms with Crippen LogP contribution < -0.4 is 5.73 Å². The quantitative estimate of drug-likeness (QED) is 0.827. The smallest absolute Gasteiger partial charge is 0.110 e. The lowest BCUT2D eigenvalue weighted by Crippen LogP contribution is -1.99. The van der Waals surface area contributed by atoms with Gasteiger partial charge in [0.1, 0.15) is 5.83 Å². The Morgan fingerprint density at radius 3 is 2.87 bits per heavy atom. The number of halogens is 2. The number of thioether (sulfide) groups is 1. The molecular weight excluding hydrogens is 233 g/mol. The second-order valence-corrected chi connectivity index (χ2v) is 3.79. The highest BCUT2D eigenvalue weighted by Crippen LogP contribution is 2.16. The van der Waals surface area contributed by atoms with Crippen LogP contribution in [0.1, 0.15) is 5.56 Å². The molecule has 0 aliphatic rings. The lowest BCUT2D eigenvalue weighted by molar-refractivity contribution is 0.614. The minimum atomic E-state index is -0.250. The maximum absolute atomic E-state index is 12.7. The Hall–Kier alpha value is -0.510. The average molecular weight is 248 g/mol. The maximum Gasteiger partial charge on any atom is 0.110 e. The summed E-state index contributed by atoms with van der Waals surface area (Å²) in [5, 5.41) is 0. The van der Waals surface area contributed by atoms with Crippen LogP contribution in [0.3, 0.4) is 0 Å². The van der Waals surface area contributed by atoms with Crippen LogP contribution in [0.5, 0.6) is 0 Å². The standard InChI is InChI=1S/C11H14FNS.ClH/c1-14-11-4-2-3-9(7-11)5-6-10(12)8-13;/h2-4,6-7H,5,8,13H2,1H3;1H/b10-6+;. The normalized spacial score (nSPS) is 11.0. The largest absolute Gasteiger partial charge is 0.325 e. The van der Waals surface area contributed by atoms with Crippen LogP contribution in [0.2, 0.25) is 0 Å². The molecule has 1 rings (SSSR count). The molecule has 0 unspecified atom stereocenters. The summed E-state index contributed by atoms with van der Waals surface area (Å²) in [4.78, 5) is 1.20. The van der Waals surface area contributed by atoms with Crippen molar-refractivity contribution in [3.8, 4) is 0 Å². The molecule has 0 saturated carbocycles. The van der Waals surface area contributed by atoms with Crippen molar-refractivity contribution in [2.75, 3.05) is 12.8 Å². The third-order valence-corrected chi connectivity index (χ3v) is 2.61. The van der Waals surface area contributed by atoms with Crippen LogP contribution in [0.25, 0.3) is 0 Å². The molecule has 1 nitrogen and oxygen atoms in total. The summed E-state index contributed by atoms with van der Waals surface area (Å²) in [6, 6.07) is 8.07. The second kappa shape index (κ2) is 7.74. The number of hydrogen-bond donors (Lipinski definition) is 1. The Labute approximate surface area is 100 Å². The van der Waals surface area contributed by atoms with Crippen molar-refractivity contribution in [1.29, 1.82) is 0 Å². The number of rotatable bonds is 4. The number of hydrogen-bond acceptors (Lipinski definition) is 2. The fourth-order valence-corrected chi connectivity index (χ4v) is 1.60. The first-order valence-corrected chi connectivity index (χ1v) is 5.66. The molecule has 1 aromatic rings. The molecule has 0 saturated heterocycles. The Kier molecular flexibility index (Phi) is 7.48. The molecule has 0 atom stereocenters. The summed E-state index contributed by atoms with van der Waals surface area (Å²) in [5.74, 6) is -0.250. The number of nitrogens with two attached hydrogens (primary N) is 1. The molecule has 0 heterocycles. The first-order valence-electron chi connectivity index (χ1n) is 4.44. The summed E-state index contributed by atoms with van der Waals surface area (Å²) in [5.41, 5.74) is 6.26. The van der Waals surface area contributed by atoms with Crippen molar-refractivity contribution < 1.29 is 4.39 Å². The molecule has 0 fully saturated rings. The van der Waals surface area contributed by atoms with Crippen molar-refractivity contribution in [3.63, 3.8) is 0 Å². The summed E-state index contributed by atoms with van der Waals surface area (Å²) in [6.07, 6.45) is 4.16. The Morgan fingerprint density at radius 1 is 1.53 bits per heavy atom. The van der Waals surface area contributed by atoms with E-state index in [1.807, 2.05) is 24.5 Å². The Morgan fingerprint density at radius 2 is 2.27 bits per heavy atom. The highest BCUT2D eigenvalue weighted by atomic mass is 35.5. The fraction of sp³-hybridized carbons (Fsp3) is 0.273. The van der Waals surface area contributed by atoms with E-state index in [0.717, 1.165) is 5.56 Å². The second-order valence-electron chi connectivity index (χ2n) is 2.91. The lowest BCUT2D eigenvalue weighted by Gasteiger charge is -2.00. The van der Waals surface area contributed by atoms with Gasteiger partial charge in [0.05, 0.1) is 0 Å². The lowest BCUT2D eigenvalue weighted by atomic mass is 10.1. The van der Waals surface area contributed by atoms with Gasteiger partial charge in [-0.15, -0.1) is 24.2 Å². The Bertz CT molecular complexity index is 328. The summed E-state index contributed by atoms with van der Waals surface area (Å²) in [6.45, 7) is -0.0117. The minimum absolute atomic E-state index is 0. The zero-order valence-electron chi connectivity index (χ0n) is 8.57. The molecule has 4 heteroatoms. The topological polar surface area (TPSA) is 26.0 Å². The molecule has 1 aromatic carbocycles. The van der Waals surface area contributed by atoms with Gasteiger partial charge < -0.3 is 5.73 Å². The molecular formula is C11H15ClFNS. The molecule has 2 N–H and O–H groups in total. The van der Waals surface area contributed by atoms with Gasteiger partial charge >= 0.3 is 0 Å². The van der Waals surface area contributed by atoms with E-state index in [2.05, 4.69) is 6.07 Å². The highest BCUT2D eigenvalue weighted by molar-refractivity contribution is 7.98. The minimum Gasteiger partial charge on any atom is -0.325 e. The van der Waals surface area contributed by atoms with E-state index >= 15 is 0 Å². The van der Waals surface area contributed by atoms with Crippen LogP contribution in [0.15, 0.2) is 41.1 Å². The predicted octanol–water partition coefficient (Wildman–Crippen LogP) is 3.18. The van der Waals surface area contributed by atoms with Gasteiger partial charge in [0.15, 0.2) is 0 Å². The predicted molar refractivity (Wildman–Crippen MR) is 67.4 cm³/mol. The molecule has 0 aromatic heterocycles. The van der Waals surface area contributed by atoms with Gasteiger partial charge in [0.2, 0.25) is 0 Å². The van der Waals surface area contributed by atoms with Crippen LogP contribution >= 0.6 is 24.2 Å². The van der Waals surface area contributed by atoms with E-state index in [1.165, 1.54) is 11.0 Å².